The number of amides is 1. The Morgan fingerprint density at radius 1 is 1.13 bits per heavy atom. The van der Waals surface area contributed by atoms with Gasteiger partial charge in [0.05, 0.1) is 12.7 Å². The molecule has 0 aliphatic heterocycles. The highest BCUT2D eigenvalue weighted by Gasteiger charge is 2.18. The van der Waals surface area contributed by atoms with E-state index in [1.54, 1.807) is 17.5 Å². The second kappa shape index (κ2) is 7.85. The van der Waals surface area contributed by atoms with Crippen LogP contribution in [-0.2, 0) is 16.6 Å². The van der Waals surface area contributed by atoms with Crippen molar-refractivity contribution in [1.29, 1.82) is 5.26 Å². The zero-order valence-electron chi connectivity index (χ0n) is 16.3. The Balaban J connectivity index is 1.69. The molecule has 2 aromatic heterocycles. The summed E-state index contributed by atoms with van der Waals surface area (Å²) in [7, 11) is 3.28. The molecule has 2 heterocycles. The summed E-state index contributed by atoms with van der Waals surface area (Å²) in [5.74, 6) is -1.13. The van der Waals surface area contributed by atoms with Crippen molar-refractivity contribution < 1.29 is 14.3 Å². The molecule has 0 atom stereocenters. The van der Waals surface area contributed by atoms with E-state index >= 15 is 0 Å². The summed E-state index contributed by atoms with van der Waals surface area (Å²) in [5.41, 5.74) is 3.12. The molecule has 0 saturated carbocycles. The first-order valence-electron chi connectivity index (χ1n) is 9.09. The van der Waals surface area contributed by atoms with Crippen molar-refractivity contribution >= 4 is 56.1 Å². The number of benzene rings is 2. The van der Waals surface area contributed by atoms with Gasteiger partial charge in [0.2, 0.25) is 0 Å². The quantitative estimate of drug-likeness (QED) is 0.297. The van der Waals surface area contributed by atoms with Gasteiger partial charge in [-0.05, 0) is 41.3 Å². The average Bonchev–Trinajstić information content (AvgIpc) is 3.34. The standard InChI is InChI=1S/C23H17N3O3S/c1-26-19-6-4-3-5-16(19)18-12-14(7-8-20(18)26)11-15(13-24)21(27)25-22-17(9-10-30-22)23(28)29-2/h3-12H,1-2H3,(H,25,27). The fourth-order valence-electron chi connectivity index (χ4n) is 3.44. The van der Waals surface area contributed by atoms with Gasteiger partial charge in [-0.25, -0.2) is 4.79 Å². The third kappa shape index (κ3) is 3.34. The van der Waals surface area contributed by atoms with Crippen LogP contribution in [0.5, 0.6) is 0 Å². The van der Waals surface area contributed by atoms with E-state index in [-0.39, 0.29) is 11.1 Å². The van der Waals surface area contributed by atoms with Crippen LogP contribution in [-0.4, -0.2) is 23.6 Å². The molecule has 0 fully saturated rings. The number of carbonyl (C=O) groups is 2. The van der Waals surface area contributed by atoms with Gasteiger partial charge in [0.1, 0.15) is 16.6 Å². The zero-order chi connectivity index (χ0) is 21.3. The number of methoxy groups -OCH3 is 1. The minimum atomic E-state index is -0.580. The minimum Gasteiger partial charge on any atom is -0.465 e. The lowest BCUT2D eigenvalue weighted by atomic mass is 10.1. The number of hydrogen-bond donors (Lipinski definition) is 1. The summed E-state index contributed by atoms with van der Waals surface area (Å²) >= 11 is 1.19. The molecule has 148 valence electrons. The molecule has 0 radical (unpaired) electrons. The van der Waals surface area contributed by atoms with Crippen LogP contribution < -0.4 is 5.32 Å². The summed E-state index contributed by atoms with van der Waals surface area (Å²) in [6.07, 6.45) is 1.54. The number of para-hydroxylation sites is 1. The molecular formula is C23H17N3O3S. The molecule has 0 aliphatic rings. The van der Waals surface area contributed by atoms with Crippen molar-refractivity contribution in [3.8, 4) is 6.07 Å². The number of ether oxygens (including phenoxy) is 1. The molecular weight excluding hydrogens is 398 g/mol. The van der Waals surface area contributed by atoms with Crippen LogP contribution in [0.4, 0.5) is 5.00 Å². The number of aromatic nitrogens is 1. The van der Waals surface area contributed by atoms with E-state index in [4.69, 9.17) is 4.74 Å². The highest BCUT2D eigenvalue weighted by Crippen LogP contribution is 2.29. The van der Waals surface area contributed by atoms with Gasteiger partial charge in [-0.15, -0.1) is 11.3 Å². The van der Waals surface area contributed by atoms with E-state index in [0.29, 0.717) is 5.00 Å². The molecule has 1 N–H and O–H groups in total. The smallest absolute Gasteiger partial charge is 0.340 e. The maximum absolute atomic E-state index is 12.6. The number of hydrogen-bond acceptors (Lipinski definition) is 5. The van der Waals surface area contributed by atoms with E-state index in [2.05, 4.69) is 16.0 Å². The number of fused-ring (bicyclic) bond motifs is 3. The van der Waals surface area contributed by atoms with Crippen LogP contribution >= 0.6 is 11.3 Å². The van der Waals surface area contributed by atoms with Crippen LogP contribution in [0, 0.1) is 11.3 Å². The molecule has 7 heteroatoms. The Bertz CT molecular complexity index is 1370. The van der Waals surface area contributed by atoms with Crippen molar-refractivity contribution in [2.45, 2.75) is 0 Å². The van der Waals surface area contributed by atoms with Gasteiger partial charge in [-0.1, -0.05) is 24.3 Å². The number of nitrogens with zero attached hydrogens (tertiary/aromatic N) is 2. The van der Waals surface area contributed by atoms with Gasteiger partial charge >= 0.3 is 5.97 Å². The van der Waals surface area contributed by atoms with E-state index in [1.165, 1.54) is 18.4 Å². The number of carbonyl (C=O) groups excluding carboxylic acids is 2. The Labute approximate surface area is 176 Å². The molecule has 2 aromatic carbocycles. The van der Waals surface area contributed by atoms with Crippen LogP contribution in [0.15, 0.2) is 59.5 Å². The Morgan fingerprint density at radius 2 is 1.90 bits per heavy atom. The lowest BCUT2D eigenvalue weighted by Gasteiger charge is -2.05. The maximum Gasteiger partial charge on any atom is 0.340 e. The van der Waals surface area contributed by atoms with Gasteiger partial charge in [0.15, 0.2) is 0 Å². The average molecular weight is 415 g/mol. The lowest BCUT2D eigenvalue weighted by Crippen LogP contribution is -2.15. The molecule has 0 spiro atoms. The molecule has 1 amide bonds. The second-order valence-electron chi connectivity index (χ2n) is 6.63. The van der Waals surface area contributed by atoms with Gasteiger partial charge in [-0.3, -0.25) is 4.79 Å². The summed E-state index contributed by atoms with van der Waals surface area (Å²) in [6, 6.07) is 17.4. The van der Waals surface area contributed by atoms with Crippen LogP contribution in [0.25, 0.3) is 27.9 Å². The number of aryl methyl sites for hydroxylation is 1. The number of anilines is 1. The van der Waals surface area contributed by atoms with Crippen molar-refractivity contribution in [2.75, 3.05) is 12.4 Å². The molecule has 0 aliphatic carbocycles. The molecule has 0 bridgehead atoms. The SMILES string of the molecule is COC(=O)c1ccsc1NC(=O)C(C#N)=Cc1ccc2c(c1)c1ccccc1n2C. The van der Waals surface area contributed by atoms with Crippen molar-refractivity contribution in [3.05, 3.63) is 70.6 Å². The molecule has 4 aromatic rings. The molecule has 30 heavy (non-hydrogen) atoms. The number of nitrogens with one attached hydrogen (secondary N) is 1. The highest BCUT2D eigenvalue weighted by molar-refractivity contribution is 7.14. The van der Waals surface area contributed by atoms with E-state index < -0.39 is 11.9 Å². The first kappa shape index (κ1) is 19.4. The van der Waals surface area contributed by atoms with Crippen molar-refractivity contribution in [1.82, 2.24) is 4.57 Å². The second-order valence-corrected chi connectivity index (χ2v) is 7.55. The van der Waals surface area contributed by atoms with Crippen molar-refractivity contribution in [3.63, 3.8) is 0 Å². The number of rotatable bonds is 4. The largest absolute Gasteiger partial charge is 0.465 e. The number of esters is 1. The van der Waals surface area contributed by atoms with E-state index in [9.17, 15) is 14.9 Å². The third-order valence-corrected chi connectivity index (χ3v) is 5.74. The van der Waals surface area contributed by atoms with E-state index in [0.717, 1.165) is 27.4 Å². The Morgan fingerprint density at radius 3 is 2.67 bits per heavy atom. The van der Waals surface area contributed by atoms with E-state index in [1.807, 2.05) is 49.5 Å². The Kier molecular flexibility index (Phi) is 5.09. The topological polar surface area (TPSA) is 84.1 Å². The monoisotopic (exact) mass is 415 g/mol. The fraction of sp³-hybridized carbons (Fsp3) is 0.0870. The summed E-state index contributed by atoms with van der Waals surface area (Å²) in [4.78, 5) is 24.4. The van der Waals surface area contributed by atoms with Gasteiger partial charge < -0.3 is 14.6 Å². The minimum absolute atomic E-state index is 0.0567. The van der Waals surface area contributed by atoms with Crippen molar-refractivity contribution in [2.24, 2.45) is 7.05 Å². The number of nitriles is 1. The molecule has 4 rings (SSSR count). The van der Waals surface area contributed by atoms with Gasteiger partial charge in [-0.2, -0.15) is 5.26 Å². The summed E-state index contributed by atoms with van der Waals surface area (Å²) < 4.78 is 6.82. The lowest BCUT2D eigenvalue weighted by molar-refractivity contribution is -0.112. The first-order valence-corrected chi connectivity index (χ1v) is 9.97. The molecule has 0 unspecified atom stereocenters. The Hall–Kier alpha value is -3.89. The van der Waals surface area contributed by atoms with Gasteiger partial charge in [0, 0.05) is 28.9 Å². The summed E-state index contributed by atoms with van der Waals surface area (Å²) in [5, 5.41) is 16.3. The normalized spacial score (nSPS) is 11.4. The predicted molar refractivity (Wildman–Crippen MR) is 118 cm³/mol. The maximum atomic E-state index is 12.6. The third-order valence-electron chi connectivity index (χ3n) is 4.91. The first-order chi connectivity index (χ1) is 14.5. The van der Waals surface area contributed by atoms with Crippen LogP contribution in [0.1, 0.15) is 15.9 Å². The zero-order valence-corrected chi connectivity index (χ0v) is 17.1. The fourth-order valence-corrected chi connectivity index (χ4v) is 4.21. The van der Waals surface area contributed by atoms with Crippen LogP contribution in [0.2, 0.25) is 0 Å². The highest BCUT2D eigenvalue weighted by atomic mass is 32.1. The van der Waals surface area contributed by atoms with Crippen LogP contribution in [0.3, 0.4) is 0 Å². The predicted octanol–water partition coefficient (Wildman–Crippen LogP) is 4.73. The van der Waals surface area contributed by atoms with Gasteiger partial charge in [0.25, 0.3) is 5.91 Å². The summed E-state index contributed by atoms with van der Waals surface area (Å²) in [6.45, 7) is 0. The number of thiophene rings is 1. The molecule has 0 saturated heterocycles. The molecule has 6 nitrogen and oxygen atoms in total.